The summed E-state index contributed by atoms with van der Waals surface area (Å²) in [7, 11) is 0. The number of nitrogens with one attached hydrogen (secondary N) is 3. The summed E-state index contributed by atoms with van der Waals surface area (Å²) in [6.45, 7) is 0.211. The number of ether oxygens (including phenoxy) is 1. The zero-order valence-corrected chi connectivity index (χ0v) is 16.7. The number of amides is 1. The number of aromatic nitrogens is 3. The molecule has 0 saturated heterocycles. The van der Waals surface area contributed by atoms with Crippen LogP contribution >= 0.6 is 23.2 Å². The Labute approximate surface area is 180 Å². The number of anilines is 3. The lowest BCUT2D eigenvalue weighted by molar-refractivity contribution is 0.151. The van der Waals surface area contributed by atoms with Crippen molar-refractivity contribution in [2.75, 3.05) is 10.6 Å². The molecule has 0 unspecified atom stereocenters. The van der Waals surface area contributed by atoms with Gasteiger partial charge < -0.3 is 15.0 Å². The minimum atomic E-state index is -0.498. The molecule has 0 radical (unpaired) electrons. The Morgan fingerprint density at radius 1 is 1.20 bits per heavy atom. The SMILES string of the molecule is N#Cc1cnn2c(Nc3ccc(Cl)c(Cl)c3)c(-c3ccc4c(c3)NC(=O)OC4)[nH]c12. The number of nitrogens with zero attached hydrogens (tertiary/aromatic N) is 3. The summed E-state index contributed by atoms with van der Waals surface area (Å²) in [4.78, 5) is 14.9. The van der Waals surface area contributed by atoms with E-state index in [2.05, 4.69) is 26.8 Å². The molecule has 10 heteroatoms. The number of H-pyrrole nitrogens is 1. The molecule has 4 aromatic rings. The number of rotatable bonds is 3. The number of hydrogen-bond acceptors (Lipinski definition) is 5. The van der Waals surface area contributed by atoms with Gasteiger partial charge in [-0.1, -0.05) is 35.3 Å². The smallest absolute Gasteiger partial charge is 0.411 e. The Bertz CT molecular complexity index is 1370. The van der Waals surface area contributed by atoms with Crippen molar-refractivity contribution in [2.24, 2.45) is 0 Å². The molecule has 8 nitrogen and oxygen atoms in total. The van der Waals surface area contributed by atoms with Gasteiger partial charge in [0.15, 0.2) is 11.5 Å². The largest absolute Gasteiger partial charge is 0.444 e. The van der Waals surface area contributed by atoms with Crippen molar-refractivity contribution in [1.82, 2.24) is 14.6 Å². The van der Waals surface area contributed by atoms with Crippen LogP contribution in [0.1, 0.15) is 11.1 Å². The molecule has 2 aromatic carbocycles. The van der Waals surface area contributed by atoms with Gasteiger partial charge in [0.2, 0.25) is 0 Å². The second-order valence-corrected chi connectivity index (χ2v) is 7.42. The number of imidazole rings is 1. The maximum atomic E-state index is 11.6. The number of carbonyl (C=O) groups excluding carboxylic acids is 1. The average Bonchev–Trinajstić information content (AvgIpc) is 3.30. The third-order valence-electron chi connectivity index (χ3n) is 4.76. The van der Waals surface area contributed by atoms with Gasteiger partial charge in [0, 0.05) is 16.8 Å². The predicted molar refractivity (Wildman–Crippen MR) is 113 cm³/mol. The maximum absolute atomic E-state index is 11.6. The fraction of sp³-hybridized carbons (Fsp3) is 0.0500. The third-order valence-corrected chi connectivity index (χ3v) is 5.50. The third kappa shape index (κ3) is 3.01. The average molecular weight is 439 g/mol. The van der Waals surface area contributed by atoms with E-state index in [9.17, 15) is 10.1 Å². The van der Waals surface area contributed by atoms with Gasteiger partial charge in [-0.25, -0.2) is 4.79 Å². The number of cyclic esters (lactones) is 1. The van der Waals surface area contributed by atoms with E-state index in [1.165, 1.54) is 6.20 Å². The monoisotopic (exact) mass is 438 g/mol. The molecule has 3 heterocycles. The molecule has 148 valence electrons. The van der Waals surface area contributed by atoms with E-state index in [1.807, 2.05) is 18.2 Å². The molecule has 5 rings (SSSR count). The second-order valence-electron chi connectivity index (χ2n) is 6.61. The molecular weight excluding hydrogens is 427 g/mol. The van der Waals surface area contributed by atoms with Crippen LogP contribution in [0.15, 0.2) is 42.6 Å². The number of fused-ring (bicyclic) bond motifs is 2. The van der Waals surface area contributed by atoms with Crippen LogP contribution in [0, 0.1) is 11.3 Å². The first-order chi connectivity index (χ1) is 14.5. The summed E-state index contributed by atoms with van der Waals surface area (Å²) in [5.74, 6) is 0.600. The Kier molecular flexibility index (Phi) is 4.28. The van der Waals surface area contributed by atoms with Crippen molar-refractivity contribution in [3.05, 3.63) is 63.8 Å². The van der Waals surface area contributed by atoms with Gasteiger partial charge in [-0.2, -0.15) is 14.9 Å². The fourth-order valence-corrected chi connectivity index (χ4v) is 3.60. The first-order valence-corrected chi connectivity index (χ1v) is 9.58. The van der Waals surface area contributed by atoms with E-state index < -0.39 is 6.09 Å². The Morgan fingerprint density at radius 3 is 2.87 bits per heavy atom. The molecule has 2 aromatic heterocycles. The highest BCUT2D eigenvalue weighted by molar-refractivity contribution is 6.42. The topological polar surface area (TPSA) is 107 Å². The van der Waals surface area contributed by atoms with Gasteiger partial charge >= 0.3 is 6.09 Å². The Hall–Kier alpha value is -3.67. The Morgan fingerprint density at radius 2 is 2.07 bits per heavy atom. The number of hydrogen-bond donors (Lipinski definition) is 3. The zero-order chi connectivity index (χ0) is 20.8. The van der Waals surface area contributed by atoms with Crippen LogP contribution in [0.4, 0.5) is 22.0 Å². The number of benzene rings is 2. The van der Waals surface area contributed by atoms with Gasteiger partial charge in [0.1, 0.15) is 18.2 Å². The number of carbonyl (C=O) groups is 1. The van der Waals surface area contributed by atoms with Gasteiger partial charge in [-0.05, 0) is 24.3 Å². The Balaban J connectivity index is 1.66. The molecule has 0 saturated carbocycles. The summed E-state index contributed by atoms with van der Waals surface area (Å²) in [6.07, 6.45) is 0.988. The standard InChI is InChI=1S/C20H12Cl2N6O2/c21-14-4-3-13(6-15(14)22)25-19-17(27-18-12(7-23)8-24-28(18)19)10-1-2-11-9-30-20(29)26-16(11)5-10/h1-6,8,25,27H,9H2,(H,26,29). The fourth-order valence-electron chi connectivity index (χ4n) is 3.30. The van der Waals surface area contributed by atoms with Gasteiger partial charge in [-0.3, -0.25) is 5.32 Å². The summed E-state index contributed by atoms with van der Waals surface area (Å²) >= 11 is 12.2. The van der Waals surface area contributed by atoms with E-state index in [1.54, 1.807) is 22.7 Å². The van der Waals surface area contributed by atoms with Crippen molar-refractivity contribution < 1.29 is 9.53 Å². The van der Waals surface area contributed by atoms with Crippen molar-refractivity contribution >= 4 is 52.1 Å². The lowest BCUT2D eigenvalue weighted by Gasteiger charge is -2.18. The van der Waals surface area contributed by atoms with Crippen LogP contribution in [0.3, 0.4) is 0 Å². The molecule has 1 amide bonds. The van der Waals surface area contributed by atoms with E-state index in [4.69, 9.17) is 27.9 Å². The number of halogens is 2. The number of aromatic amines is 1. The van der Waals surface area contributed by atoms with Gasteiger partial charge in [-0.15, -0.1) is 0 Å². The maximum Gasteiger partial charge on any atom is 0.411 e. The normalized spacial score (nSPS) is 12.8. The zero-order valence-electron chi connectivity index (χ0n) is 15.2. The highest BCUT2D eigenvalue weighted by atomic mass is 35.5. The molecule has 0 bridgehead atoms. The van der Waals surface area contributed by atoms with Crippen LogP contribution in [-0.4, -0.2) is 20.7 Å². The summed E-state index contributed by atoms with van der Waals surface area (Å²) in [5, 5.41) is 20.6. The summed E-state index contributed by atoms with van der Waals surface area (Å²) < 4.78 is 6.60. The van der Waals surface area contributed by atoms with Gasteiger partial charge in [0.05, 0.1) is 27.6 Å². The van der Waals surface area contributed by atoms with Crippen molar-refractivity contribution in [2.45, 2.75) is 6.61 Å². The lowest BCUT2D eigenvalue weighted by Crippen LogP contribution is -2.20. The first-order valence-electron chi connectivity index (χ1n) is 8.82. The van der Waals surface area contributed by atoms with E-state index >= 15 is 0 Å². The predicted octanol–water partition coefficient (Wildman–Crippen LogP) is 5.31. The van der Waals surface area contributed by atoms with E-state index in [0.717, 1.165) is 11.1 Å². The minimum Gasteiger partial charge on any atom is -0.444 e. The van der Waals surface area contributed by atoms with E-state index in [0.29, 0.717) is 44.1 Å². The van der Waals surface area contributed by atoms with Crippen LogP contribution in [0.5, 0.6) is 0 Å². The van der Waals surface area contributed by atoms with Gasteiger partial charge in [0.25, 0.3) is 0 Å². The van der Waals surface area contributed by atoms with Crippen LogP contribution < -0.4 is 10.6 Å². The quantitative estimate of drug-likeness (QED) is 0.401. The molecular formula is C20H12Cl2N6O2. The van der Waals surface area contributed by atoms with Crippen molar-refractivity contribution in [3.63, 3.8) is 0 Å². The van der Waals surface area contributed by atoms with E-state index in [-0.39, 0.29) is 6.61 Å². The van der Waals surface area contributed by atoms with Crippen molar-refractivity contribution in [1.29, 1.82) is 5.26 Å². The molecule has 1 aliphatic heterocycles. The summed E-state index contributed by atoms with van der Waals surface area (Å²) in [5.41, 5.74) is 4.64. The molecule has 0 spiro atoms. The number of nitriles is 1. The summed E-state index contributed by atoms with van der Waals surface area (Å²) in [6, 6.07) is 12.9. The molecule has 0 aliphatic carbocycles. The molecule has 3 N–H and O–H groups in total. The lowest BCUT2D eigenvalue weighted by atomic mass is 10.1. The van der Waals surface area contributed by atoms with Crippen LogP contribution in [-0.2, 0) is 11.3 Å². The highest BCUT2D eigenvalue weighted by Gasteiger charge is 2.21. The first kappa shape index (κ1) is 18.4. The molecule has 30 heavy (non-hydrogen) atoms. The highest BCUT2D eigenvalue weighted by Crippen LogP contribution is 2.36. The molecule has 0 fully saturated rings. The minimum absolute atomic E-state index is 0.211. The van der Waals surface area contributed by atoms with Crippen LogP contribution in [0.2, 0.25) is 10.0 Å². The molecule has 0 atom stereocenters. The molecule has 1 aliphatic rings. The van der Waals surface area contributed by atoms with Crippen molar-refractivity contribution in [3.8, 4) is 17.3 Å². The van der Waals surface area contributed by atoms with Crippen LogP contribution in [0.25, 0.3) is 16.9 Å². The second kappa shape index (κ2) is 6.99.